The van der Waals surface area contributed by atoms with Crippen molar-refractivity contribution in [1.82, 2.24) is 10.2 Å². The summed E-state index contributed by atoms with van der Waals surface area (Å²) >= 11 is 5.81. The van der Waals surface area contributed by atoms with E-state index in [1.807, 2.05) is 0 Å². The molecule has 1 aliphatic heterocycles. The van der Waals surface area contributed by atoms with Crippen molar-refractivity contribution in [3.8, 4) is 0 Å². The third kappa shape index (κ3) is 3.92. The number of nitro groups is 1. The molecule has 0 spiro atoms. The van der Waals surface area contributed by atoms with Gasteiger partial charge in [0.2, 0.25) is 5.91 Å². The lowest BCUT2D eigenvalue weighted by Gasteiger charge is -2.31. The molecule has 1 aromatic rings. The molecule has 1 unspecified atom stereocenters. The van der Waals surface area contributed by atoms with E-state index in [-0.39, 0.29) is 22.5 Å². The summed E-state index contributed by atoms with van der Waals surface area (Å²) in [7, 11) is 1.64. The largest absolute Gasteiger partial charge is 0.359 e. The summed E-state index contributed by atoms with van der Waals surface area (Å²) in [5.74, 6) is 0.0489. The number of carbonyl (C=O) groups is 1. The number of benzene rings is 1. The molecule has 21 heavy (non-hydrogen) atoms. The molecule has 7 heteroatoms. The van der Waals surface area contributed by atoms with Crippen LogP contribution in [0.4, 0.5) is 5.69 Å². The summed E-state index contributed by atoms with van der Waals surface area (Å²) in [4.78, 5) is 24.3. The molecular formula is C14H18ClN3O3. The van der Waals surface area contributed by atoms with Crippen LogP contribution in [0, 0.1) is 16.0 Å². The highest BCUT2D eigenvalue weighted by Gasteiger charge is 2.25. The zero-order valence-corrected chi connectivity index (χ0v) is 12.6. The molecule has 1 saturated heterocycles. The molecule has 0 aliphatic carbocycles. The second-order valence-electron chi connectivity index (χ2n) is 5.23. The quantitative estimate of drug-likeness (QED) is 0.683. The van der Waals surface area contributed by atoms with Gasteiger partial charge in [0.15, 0.2) is 0 Å². The number of hydrogen-bond donors (Lipinski definition) is 1. The second-order valence-corrected chi connectivity index (χ2v) is 5.64. The van der Waals surface area contributed by atoms with Crippen LogP contribution in [-0.4, -0.2) is 35.9 Å². The Balaban J connectivity index is 2.06. The first-order valence-electron chi connectivity index (χ1n) is 6.88. The van der Waals surface area contributed by atoms with Gasteiger partial charge in [0.1, 0.15) is 5.02 Å². The minimum absolute atomic E-state index is 0.00830. The Morgan fingerprint density at radius 2 is 2.33 bits per heavy atom. The van der Waals surface area contributed by atoms with Crippen LogP contribution in [0.25, 0.3) is 0 Å². The number of nitro benzene ring substituents is 1. The third-order valence-electron chi connectivity index (χ3n) is 3.74. The molecule has 2 rings (SSSR count). The molecule has 1 heterocycles. The lowest BCUT2D eigenvalue weighted by molar-refractivity contribution is -0.384. The minimum atomic E-state index is -0.477. The van der Waals surface area contributed by atoms with Crippen LogP contribution >= 0.6 is 11.6 Å². The van der Waals surface area contributed by atoms with Crippen molar-refractivity contribution < 1.29 is 9.72 Å². The fourth-order valence-corrected chi connectivity index (χ4v) is 2.86. The van der Waals surface area contributed by atoms with Crippen molar-refractivity contribution in [1.29, 1.82) is 0 Å². The van der Waals surface area contributed by atoms with Crippen LogP contribution in [0.5, 0.6) is 0 Å². The van der Waals surface area contributed by atoms with E-state index in [2.05, 4.69) is 10.2 Å². The topological polar surface area (TPSA) is 75.5 Å². The number of amides is 1. The van der Waals surface area contributed by atoms with E-state index in [1.165, 1.54) is 6.07 Å². The Hall–Kier alpha value is -1.66. The number of nitrogens with one attached hydrogen (secondary N) is 1. The molecule has 1 aliphatic rings. The maximum atomic E-state index is 11.7. The van der Waals surface area contributed by atoms with Gasteiger partial charge in [-0.05, 0) is 31.0 Å². The average Bonchev–Trinajstić information content (AvgIpc) is 2.48. The van der Waals surface area contributed by atoms with Crippen molar-refractivity contribution in [2.45, 2.75) is 19.4 Å². The van der Waals surface area contributed by atoms with E-state index >= 15 is 0 Å². The maximum Gasteiger partial charge on any atom is 0.288 e. The predicted octanol–water partition coefficient (Wildman–Crippen LogP) is 2.21. The molecule has 114 valence electrons. The SMILES string of the molecule is CNC(=O)C1CCCN(Cc2ccc(Cl)c([N+](=O)[O-])c2)C1. The molecule has 1 aromatic carbocycles. The highest BCUT2D eigenvalue weighted by atomic mass is 35.5. The van der Waals surface area contributed by atoms with Gasteiger partial charge in [0.25, 0.3) is 5.69 Å². The first-order valence-corrected chi connectivity index (χ1v) is 7.26. The summed E-state index contributed by atoms with van der Waals surface area (Å²) in [5.41, 5.74) is 0.762. The van der Waals surface area contributed by atoms with Crippen LogP contribution in [0.1, 0.15) is 18.4 Å². The van der Waals surface area contributed by atoms with Crippen LogP contribution in [-0.2, 0) is 11.3 Å². The number of hydrogen-bond acceptors (Lipinski definition) is 4. The van der Waals surface area contributed by atoms with E-state index < -0.39 is 4.92 Å². The monoisotopic (exact) mass is 311 g/mol. The first-order chi connectivity index (χ1) is 10.0. The summed E-state index contributed by atoms with van der Waals surface area (Å²) in [6, 6.07) is 4.85. The molecule has 1 atom stereocenters. The zero-order chi connectivity index (χ0) is 15.4. The lowest BCUT2D eigenvalue weighted by atomic mass is 9.97. The normalized spacial score (nSPS) is 19.2. The van der Waals surface area contributed by atoms with Crippen molar-refractivity contribution in [3.05, 3.63) is 38.9 Å². The van der Waals surface area contributed by atoms with Crippen LogP contribution < -0.4 is 5.32 Å². The van der Waals surface area contributed by atoms with E-state index in [4.69, 9.17) is 11.6 Å². The number of piperidine rings is 1. The number of nitrogens with zero attached hydrogens (tertiary/aromatic N) is 2. The smallest absolute Gasteiger partial charge is 0.288 e. The second kappa shape index (κ2) is 6.87. The lowest BCUT2D eigenvalue weighted by Crippen LogP contribution is -2.41. The Morgan fingerprint density at radius 1 is 1.57 bits per heavy atom. The Bertz CT molecular complexity index is 550. The van der Waals surface area contributed by atoms with Gasteiger partial charge >= 0.3 is 0 Å². The summed E-state index contributed by atoms with van der Waals surface area (Å²) in [6.07, 6.45) is 1.84. The zero-order valence-electron chi connectivity index (χ0n) is 11.8. The van der Waals surface area contributed by atoms with E-state index in [1.54, 1.807) is 19.2 Å². The average molecular weight is 312 g/mol. The summed E-state index contributed by atoms with van der Waals surface area (Å²) < 4.78 is 0. The number of carbonyl (C=O) groups excluding carboxylic acids is 1. The van der Waals surface area contributed by atoms with Gasteiger partial charge in [-0.25, -0.2) is 0 Å². The molecule has 0 bridgehead atoms. The predicted molar refractivity (Wildman–Crippen MR) is 80.2 cm³/mol. The van der Waals surface area contributed by atoms with Gasteiger partial charge in [-0.1, -0.05) is 17.7 Å². The van der Waals surface area contributed by atoms with Crippen molar-refractivity contribution >= 4 is 23.2 Å². The molecular weight excluding hydrogens is 294 g/mol. The minimum Gasteiger partial charge on any atom is -0.359 e. The highest BCUT2D eigenvalue weighted by molar-refractivity contribution is 6.32. The molecule has 1 amide bonds. The van der Waals surface area contributed by atoms with Crippen molar-refractivity contribution in [2.24, 2.45) is 5.92 Å². The molecule has 0 aromatic heterocycles. The Morgan fingerprint density at radius 3 is 3.00 bits per heavy atom. The first kappa shape index (κ1) is 15.7. The Labute approximate surface area is 128 Å². The molecule has 1 fully saturated rings. The van der Waals surface area contributed by atoms with Gasteiger partial charge in [-0.3, -0.25) is 19.8 Å². The van der Waals surface area contributed by atoms with Gasteiger partial charge in [-0.2, -0.15) is 0 Å². The third-order valence-corrected chi connectivity index (χ3v) is 4.06. The van der Waals surface area contributed by atoms with Gasteiger partial charge in [-0.15, -0.1) is 0 Å². The number of likely N-dealkylation sites (tertiary alicyclic amines) is 1. The summed E-state index contributed by atoms with van der Waals surface area (Å²) in [5, 5.41) is 13.7. The van der Waals surface area contributed by atoms with Gasteiger partial charge < -0.3 is 5.32 Å². The Kier molecular flexibility index (Phi) is 5.14. The molecule has 6 nitrogen and oxygen atoms in total. The van der Waals surface area contributed by atoms with Gasteiger partial charge in [0.05, 0.1) is 10.8 Å². The van der Waals surface area contributed by atoms with E-state index in [0.29, 0.717) is 13.1 Å². The fraction of sp³-hybridized carbons (Fsp3) is 0.500. The van der Waals surface area contributed by atoms with E-state index in [0.717, 1.165) is 24.9 Å². The molecule has 0 saturated carbocycles. The van der Waals surface area contributed by atoms with Crippen LogP contribution in [0.3, 0.4) is 0 Å². The molecule has 1 N–H and O–H groups in total. The molecule has 0 radical (unpaired) electrons. The maximum absolute atomic E-state index is 11.7. The standard InChI is InChI=1S/C14H18ClN3O3/c1-16-14(19)11-3-2-6-17(9-11)8-10-4-5-12(15)13(7-10)18(20)21/h4-5,7,11H,2-3,6,8-9H2,1H3,(H,16,19). The fourth-order valence-electron chi connectivity index (χ4n) is 2.67. The summed E-state index contributed by atoms with van der Waals surface area (Å²) in [6.45, 7) is 2.16. The van der Waals surface area contributed by atoms with Gasteiger partial charge in [0, 0.05) is 26.2 Å². The van der Waals surface area contributed by atoms with Crippen molar-refractivity contribution in [3.63, 3.8) is 0 Å². The van der Waals surface area contributed by atoms with Crippen LogP contribution in [0.2, 0.25) is 5.02 Å². The van der Waals surface area contributed by atoms with E-state index in [9.17, 15) is 14.9 Å². The number of rotatable bonds is 4. The van der Waals surface area contributed by atoms with Crippen LogP contribution in [0.15, 0.2) is 18.2 Å². The number of halogens is 1. The highest BCUT2D eigenvalue weighted by Crippen LogP contribution is 2.26. The van der Waals surface area contributed by atoms with Crippen molar-refractivity contribution in [2.75, 3.05) is 20.1 Å².